The molecule has 1 aliphatic rings. The van der Waals surface area contributed by atoms with Crippen LogP contribution >= 0.6 is 11.6 Å². The molecule has 0 saturated heterocycles. The molecule has 2 aromatic carbocycles. The van der Waals surface area contributed by atoms with E-state index in [1.807, 2.05) is 43.3 Å². The highest BCUT2D eigenvalue weighted by atomic mass is 35.5. The molecule has 1 atom stereocenters. The first kappa shape index (κ1) is 17.0. The van der Waals surface area contributed by atoms with Crippen molar-refractivity contribution >= 4 is 29.2 Å². The van der Waals surface area contributed by atoms with E-state index in [9.17, 15) is 9.59 Å². The molecule has 5 nitrogen and oxygen atoms in total. The number of rotatable bonds is 3. The number of aryl methyl sites for hydroxylation is 1. The normalized spacial score (nSPS) is 16.9. The van der Waals surface area contributed by atoms with Crippen molar-refractivity contribution in [1.29, 1.82) is 0 Å². The lowest BCUT2D eigenvalue weighted by Crippen LogP contribution is -2.45. The van der Waals surface area contributed by atoms with Crippen LogP contribution in [0.2, 0.25) is 5.02 Å². The molecule has 0 radical (unpaired) electrons. The van der Waals surface area contributed by atoms with E-state index in [0.29, 0.717) is 22.0 Å². The average Bonchev–Trinajstić information content (AvgIpc) is 2.58. The summed E-state index contributed by atoms with van der Waals surface area (Å²) >= 11 is 6.12. The number of carbonyl (C=O) groups excluding carboxylic acids is 2. The van der Waals surface area contributed by atoms with Gasteiger partial charge in [0.15, 0.2) is 0 Å². The van der Waals surface area contributed by atoms with Crippen molar-refractivity contribution in [1.82, 2.24) is 10.6 Å². The lowest BCUT2D eigenvalue weighted by molar-refractivity contribution is -0.113. The molecule has 1 unspecified atom stereocenters. The number of urea groups is 1. The van der Waals surface area contributed by atoms with Gasteiger partial charge in [0.25, 0.3) is 5.91 Å². The maximum atomic E-state index is 12.9. The number of carbonyl (C=O) groups is 2. The topological polar surface area (TPSA) is 70.2 Å². The molecular weight excluding hydrogens is 338 g/mol. The minimum Gasteiger partial charge on any atom is -0.327 e. The van der Waals surface area contributed by atoms with Gasteiger partial charge in [-0.3, -0.25) is 4.79 Å². The molecule has 0 saturated carbocycles. The monoisotopic (exact) mass is 355 g/mol. The van der Waals surface area contributed by atoms with Gasteiger partial charge in [0.05, 0.1) is 11.6 Å². The smallest absolute Gasteiger partial charge is 0.319 e. The standard InChI is InChI=1S/C19H18ClN3O2/c1-11-8-9-14(10-15(11)20)22-18(24)16-12(2)21-19(25)23-17(16)13-6-4-3-5-7-13/h3-10,17H,1-2H3,(H,22,24)(H2,21,23,25). The van der Waals surface area contributed by atoms with Gasteiger partial charge in [-0.1, -0.05) is 48.0 Å². The van der Waals surface area contributed by atoms with E-state index in [2.05, 4.69) is 16.0 Å². The van der Waals surface area contributed by atoms with Crippen LogP contribution in [0.5, 0.6) is 0 Å². The highest BCUT2D eigenvalue weighted by Crippen LogP contribution is 2.28. The van der Waals surface area contributed by atoms with Crippen LogP contribution in [0.15, 0.2) is 59.8 Å². The second-order valence-electron chi connectivity index (χ2n) is 5.90. The molecule has 0 spiro atoms. The van der Waals surface area contributed by atoms with E-state index in [0.717, 1.165) is 11.1 Å². The number of hydrogen-bond donors (Lipinski definition) is 3. The summed E-state index contributed by atoms with van der Waals surface area (Å²) < 4.78 is 0. The van der Waals surface area contributed by atoms with Crippen LogP contribution in [0, 0.1) is 6.92 Å². The van der Waals surface area contributed by atoms with Gasteiger partial charge in [0.1, 0.15) is 0 Å². The van der Waals surface area contributed by atoms with Crippen LogP contribution in [0.25, 0.3) is 0 Å². The van der Waals surface area contributed by atoms with E-state index in [1.165, 1.54) is 0 Å². The molecule has 0 fully saturated rings. The Morgan fingerprint density at radius 1 is 1.12 bits per heavy atom. The molecule has 25 heavy (non-hydrogen) atoms. The Bertz CT molecular complexity index is 862. The fraction of sp³-hybridized carbons (Fsp3) is 0.158. The Kier molecular flexibility index (Phi) is 4.76. The van der Waals surface area contributed by atoms with E-state index >= 15 is 0 Å². The largest absolute Gasteiger partial charge is 0.327 e. The number of amides is 3. The van der Waals surface area contributed by atoms with Crippen LogP contribution in [0.1, 0.15) is 24.1 Å². The van der Waals surface area contributed by atoms with Crippen LogP contribution in [0.3, 0.4) is 0 Å². The molecule has 3 rings (SSSR count). The number of nitrogens with one attached hydrogen (secondary N) is 3. The van der Waals surface area contributed by atoms with Crippen molar-refractivity contribution in [2.75, 3.05) is 5.32 Å². The number of halogens is 1. The van der Waals surface area contributed by atoms with E-state index in [1.54, 1.807) is 19.1 Å². The van der Waals surface area contributed by atoms with Crippen molar-refractivity contribution in [3.8, 4) is 0 Å². The second kappa shape index (κ2) is 6.99. The summed E-state index contributed by atoms with van der Waals surface area (Å²) in [6, 6.07) is 13.9. The van der Waals surface area contributed by atoms with Gasteiger partial charge in [-0.25, -0.2) is 4.79 Å². The Morgan fingerprint density at radius 3 is 2.52 bits per heavy atom. The molecule has 128 valence electrons. The van der Waals surface area contributed by atoms with Crippen LogP contribution in [-0.4, -0.2) is 11.9 Å². The molecule has 3 N–H and O–H groups in total. The van der Waals surface area contributed by atoms with Gasteiger partial charge in [-0.2, -0.15) is 0 Å². The molecule has 2 aromatic rings. The minimum absolute atomic E-state index is 0.293. The van der Waals surface area contributed by atoms with Gasteiger partial charge in [-0.05, 0) is 37.1 Å². The van der Waals surface area contributed by atoms with Crippen molar-refractivity contribution in [3.05, 3.63) is 76.0 Å². The quantitative estimate of drug-likeness (QED) is 0.781. The summed E-state index contributed by atoms with van der Waals surface area (Å²) in [7, 11) is 0. The van der Waals surface area contributed by atoms with E-state index < -0.39 is 6.04 Å². The third-order valence-electron chi connectivity index (χ3n) is 4.08. The summed E-state index contributed by atoms with van der Waals surface area (Å²) in [4.78, 5) is 24.7. The molecule has 0 aliphatic carbocycles. The Hall–Kier alpha value is -2.79. The first-order chi connectivity index (χ1) is 12.0. The van der Waals surface area contributed by atoms with Crippen molar-refractivity contribution < 1.29 is 9.59 Å². The maximum absolute atomic E-state index is 12.9. The van der Waals surface area contributed by atoms with Crippen molar-refractivity contribution in [2.24, 2.45) is 0 Å². The third kappa shape index (κ3) is 3.67. The molecule has 0 aromatic heterocycles. The summed E-state index contributed by atoms with van der Waals surface area (Å²) in [5, 5.41) is 8.90. The van der Waals surface area contributed by atoms with Gasteiger partial charge >= 0.3 is 6.03 Å². The molecule has 0 bridgehead atoms. The van der Waals surface area contributed by atoms with Gasteiger partial charge in [0.2, 0.25) is 0 Å². The lowest BCUT2D eigenvalue weighted by atomic mass is 9.95. The lowest BCUT2D eigenvalue weighted by Gasteiger charge is -2.28. The molecule has 1 aliphatic heterocycles. The Morgan fingerprint density at radius 2 is 1.84 bits per heavy atom. The summed E-state index contributed by atoms with van der Waals surface area (Å²) in [6.45, 7) is 3.61. The number of hydrogen-bond acceptors (Lipinski definition) is 2. The van der Waals surface area contributed by atoms with E-state index in [4.69, 9.17) is 11.6 Å². The fourth-order valence-electron chi connectivity index (χ4n) is 2.76. The molecule has 6 heteroatoms. The van der Waals surface area contributed by atoms with Gasteiger partial charge in [-0.15, -0.1) is 0 Å². The second-order valence-corrected chi connectivity index (χ2v) is 6.31. The first-order valence-corrected chi connectivity index (χ1v) is 8.24. The maximum Gasteiger partial charge on any atom is 0.319 e. The van der Waals surface area contributed by atoms with Crippen LogP contribution in [-0.2, 0) is 4.79 Å². The SMILES string of the molecule is CC1=C(C(=O)Nc2ccc(C)c(Cl)c2)C(c2ccccc2)NC(=O)N1. The zero-order chi connectivity index (χ0) is 18.0. The van der Waals surface area contributed by atoms with Crippen molar-refractivity contribution in [3.63, 3.8) is 0 Å². The Labute approximate surface area is 151 Å². The highest BCUT2D eigenvalue weighted by Gasteiger charge is 2.31. The van der Waals surface area contributed by atoms with E-state index in [-0.39, 0.29) is 11.9 Å². The molecule has 1 heterocycles. The van der Waals surface area contributed by atoms with Gasteiger partial charge in [0, 0.05) is 16.4 Å². The third-order valence-corrected chi connectivity index (χ3v) is 4.48. The first-order valence-electron chi connectivity index (χ1n) is 7.86. The Balaban J connectivity index is 1.93. The number of anilines is 1. The van der Waals surface area contributed by atoms with Crippen molar-refractivity contribution in [2.45, 2.75) is 19.9 Å². The summed E-state index contributed by atoms with van der Waals surface area (Å²) in [6.07, 6.45) is 0. The van der Waals surface area contributed by atoms with Gasteiger partial charge < -0.3 is 16.0 Å². The number of allylic oxidation sites excluding steroid dienone is 1. The van der Waals surface area contributed by atoms with Crippen LogP contribution in [0.4, 0.5) is 10.5 Å². The summed E-state index contributed by atoms with van der Waals surface area (Å²) in [5.74, 6) is -0.293. The predicted molar refractivity (Wildman–Crippen MR) is 98.4 cm³/mol. The minimum atomic E-state index is -0.518. The zero-order valence-corrected chi connectivity index (χ0v) is 14.6. The zero-order valence-electron chi connectivity index (χ0n) is 13.9. The molecular formula is C19H18ClN3O2. The predicted octanol–water partition coefficient (Wildman–Crippen LogP) is 3.92. The highest BCUT2D eigenvalue weighted by molar-refractivity contribution is 6.31. The fourth-order valence-corrected chi connectivity index (χ4v) is 2.94. The summed E-state index contributed by atoms with van der Waals surface area (Å²) in [5.41, 5.74) is 3.35. The molecule has 3 amide bonds. The average molecular weight is 356 g/mol. The number of benzene rings is 2. The van der Waals surface area contributed by atoms with Crippen LogP contribution < -0.4 is 16.0 Å².